The van der Waals surface area contributed by atoms with Gasteiger partial charge in [0.25, 0.3) is 0 Å². The number of sulfone groups is 1. The molecule has 1 unspecified atom stereocenters. The van der Waals surface area contributed by atoms with E-state index in [-0.39, 0.29) is 45.0 Å². The maximum absolute atomic E-state index is 13.6. The van der Waals surface area contributed by atoms with Crippen molar-refractivity contribution < 1.29 is 40.9 Å². The Hall–Kier alpha value is -3.15. The Kier molecular flexibility index (Phi) is 10.2. The third-order valence-corrected chi connectivity index (χ3v) is 8.70. The first kappa shape index (κ1) is 32.2. The summed E-state index contributed by atoms with van der Waals surface area (Å²) in [5, 5.41) is 0.504. The highest BCUT2D eigenvalue weighted by Crippen LogP contribution is 2.38. The number of carbonyl (C=O) groups is 1. The van der Waals surface area contributed by atoms with Gasteiger partial charge in [0, 0.05) is 30.6 Å². The molecule has 2 saturated carbocycles. The van der Waals surface area contributed by atoms with Gasteiger partial charge in [-0.05, 0) is 72.9 Å². The maximum atomic E-state index is 13.6. The van der Waals surface area contributed by atoms with Crippen LogP contribution in [0.25, 0.3) is 0 Å². The maximum Gasteiger partial charge on any atom is 0.387 e. The normalized spacial score (nSPS) is 15.6. The lowest BCUT2D eigenvalue weighted by molar-refractivity contribution is -0.0515. The van der Waals surface area contributed by atoms with Crippen molar-refractivity contribution in [1.29, 1.82) is 0 Å². The fraction of sp³-hybridized carbons (Fsp3) is 0.419. The summed E-state index contributed by atoms with van der Waals surface area (Å²) in [4.78, 5) is 17.6. The highest BCUT2D eigenvalue weighted by atomic mass is 35.5. The first-order valence-corrected chi connectivity index (χ1v) is 16.9. The lowest BCUT2D eigenvalue weighted by Gasteiger charge is -2.22. The third kappa shape index (κ3) is 9.18. The van der Waals surface area contributed by atoms with Crippen LogP contribution >= 0.6 is 23.2 Å². The van der Waals surface area contributed by atoms with Crippen molar-refractivity contribution in [2.45, 2.75) is 50.6 Å². The summed E-state index contributed by atoms with van der Waals surface area (Å²) < 4.78 is 72.7. The number of halogens is 4. The minimum atomic E-state index is -3.37. The highest BCUT2D eigenvalue weighted by Gasteiger charge is 2.27. The number of benzene rings is 2. The zero-order valence-corrected chi connectivity index (χ0v) is 26.1. The second kappa shape index (κ2) is 13.9. The van der Waals surface area contributed by atoms with Crippen molar-refractivity contribution >= 4 is 39.0 Å². The van der Waals surface area contributed by atoms with E-state index >= 15 is 0 Å². The van der Waals surface area contributed by atoms with Crippen LogP contribution in [0.2, 0.25) is 10.0 Å². The molecule has 2 fully saturated rings. The number of hydrogen-bond acceptors (Lipinski definition) is 8. The van der Waals surface area contributed by atoms with Gasteiger partial charge in [-0.25, -0.2) is 13.2 Å². The number of nitrogens with zero attached hydrogens (tertiary/aromatic N) is 1. The molecule has 1 aromatic heterocycles. The Morgan fingerprint density at radius 3 is 2.16 bits per heavy atom. The lowest BCUT2D eigenvalue weighted by Crippen LogP contribution is -2.16. The van der Waals surface area contributed by atoms with Gasteiger partial charge in [-0.2, -0.15) is 8.78 Å². The number of alkyl halides is 2. The summed E-state index contributed by atoms with van der Waals surface area (Å²) in [6, 6.07) is 8.82. The van der Waals surface area contributed by atoms with Crippen molar-refractivity contribution in [3.63, 3.8) is 0 Å². The Morgan fingerprint density at radius 2 is 1.57 bits per heavy atom. The molecule has 8 nitrogen and oxygen atoms in total. The average Bonchev–Trinajstić information content (AvgIpc) is 3.88. The fourth-order valence-electron chi connectivity index (χ4n) is 4.48. The summed E-state index contributed by atoms with van der Waals surface area (Å²) in [6.45, 7) is -2.32. The minimum Gasteiger partial charge on any atom is -0.493 e. The van der Waals surface area contributed by atoms with E-state index < -0.39 is 28.5 Å². The van der Waals surface area contributed by atoms with Gasteiger partial charge >= 0.3 is 12.6 Å². The van der Waals surface area contributed by atoms with Crippen LogP contribution in [-0.4, -0.2) is 45.5 Å². The Bertz CT molecular complexity index is 1590. The molecule has 2 aromatic carbocycles. The molecule has 0 saturated heterocycles. The molecule has 0 bridgehead atoms. The van der Waals surface area contributed by atoms with E-state index in [1.807, 2.05) is 0 Å². The summed E-state index contributed by atoms with van der Waals surface area (Å²) in [6.07, 6.45) is 7.01. The number of carbonyl (C=O) groups excluding carboxylic acids is 1. The molecule has 3 aromatic rings. The number of pyridine rings is 1. The topological polar surface area (TPSA) is 101 Å². The molecule has 2 aliphatic carbocycles. The Labute approximate surface area is 264 Å². The molecule has 0 spiro atoms. The van der Waals surface area contributed by atoms with Crippen LogP contribution in [0.4, 0.5) is 8.78 Å². The van der Waals surface area contributed by atoms with E-state index in [0.717, 1.165) is 31.9 Å². The van der Waals surface area contributed by atoms with Gasteiger partial charge in [-0.1, -0.05) is 35.3 Å². The monoisotopic (exact) mass is 669 g/mol. The first-order chi connectivity index (χ1) is 20.9. The molecule has 44 heavy (non-hydrogen) atoms. The minimum absolute atomic E-state index is 0.0280. The molecule has 0 N–H and O–H groups in total. The van der Waals surface area contributed by atoms with Crippen molar-refractivity contribution in [2.75, 3.05) is 19.5 Å². The molecule has 0 aliphatic heterocycles. The fourth-order valence-corrected chi connectivity index (χ4v) is 5.80. The Balaban J connectivity index is 1.46. The van der Waals surface area contributed by atoms with Crippen LogP contribution in [0, 0.1) is 11.8 Å². The molecule has 236 valence electrons. The summed E-state index contributed by atoms with van der Waals surface area (Å²) >= 11 is 12.8. The molecule has 0 amide bonds. The number of hydrogen-bond donors (Lipinski definition) is 0. The SMILES string of the molecule is CS(=O)(=O)Cc1ccc(C(=O)OC(Cc2c(Cl)cncc2Cl)c2ccc(OC(F)F)c(OCC3CC3)c2)cc1OCC1CC1. The predicted octanol–water partition coefficient (Wildman–Crippen LogP) is 7.25. The molecule has 0 radical (unpaired) electrons. The van der Waals surface area contributed by atoms with Gasteiger partial charge in [0.1, 0.15) is 11.9 Å². The van der Waals surface area contributed by atoms with Crippen molar-refractivity contribution in [1.82, 2.24) is 4.98 Å². The molecule has 5 rings (SSSR count). The summed E-state index contributed by atoms with van der Waals surface area (Å²) in [5.41, 5.74) is 1.46. The largest absolute Gasteiger partial charge is 0.493 e. The van der Waals surface area contributed by atoms with Crippen LogP contribution in [0.3, 0.4) is 0 Å². The molecular formula is C31H31Cl2F2NO7S. The molecular weight excluding hydrogens is 639 g/mol. The van der Waals surface area contributed by atoms with Crippen molar-refractivity contribution in [2.24, 2.45) is 11.8 Å². The van der Waals surface area contributed by atoms with Gasteiger partial charge < -0.3 is 18.9 Å². The number of rotatable bonds is 15. The quantitative estimate of drug-likeness (QED) is 0.156. The predicted molar refractivity (Wildman–Crippen MR) is 161 cm³/mol. The summed E-state index contributed by atoms with van der Waals surface area (Å²) in [5.74, 6) is -0.0188. The molecule has 1 heterocycles. The van der Waals surface area contributed by atoms with Crippen LogP contribution < -0.4 is 14.2 Å². The van der Waals surface area contributed by atoms with Gasteiger partial charge in [0.05, 0.1) is 34.6 Å². The Morgan fingerprint density at radius 1 is 0.932 bits per heavy atom. The van der Waals surface area contributed by atoms with Gasteiger partial charge in [0.15, 0.2) is 21.3 Å². The third-order valence-electron chi connectivity index (χ3n) is 7.21. The van der Waals surface area contributed by atoms with E-state index in [0.29, 0.717) is 41.7 Å². The number of esters is 1. The van der Waals surface area contributed by atoms with Gasteiger partial charge in [-0.3, -0.25) is 4.98 Å². The first-order valence-electron chi connectivity index (χ1n) is 14.1. The standard InChI is InChI=1S/C31H31Cl2F2NO7S/c1-44(38,39)17-22-7-6-21(11-27(22)40-15-18-2-3-18)30(37)42-28(12-23-24(32)13-36-14-25(23)33)20-8-9-26(43-31(34)35)29(10-20)41-16-19-4-5-19/h6-11,13-14,18-19,28,31H,2-5,12,15-17H2,1H3. The molecule has 1 atom stereocenters. The van der Waals surface area contributed by atoms with Crippen LogP contribution in [0.1, 0.15) is 58.8 Å². The summed E-state index contributed by atoms with van der Waals surface area (Å²) in [7, 11) is -3.37. The van der Waals surface area contributed by atoms with E-state index in [4.69, 9.17) is 37.4 Å². The van der Waals surface area contributed by atoms with E-state index in [1.165, 1.54) is 48.8 Å². The van der Waals surface area contributed by atoms with Crippen molar-refractivity contribution in [3.8, 4) is 17.2 Å². The van der Waals surface area contributed by atoms with Gasteiger partial charge in [0.2, 0.25) is 0 Å². The smallest absolute Gasteiger partial charge is 0.387 e. The zero-order valence-electron chi connectivity index (χ0n) is 23.8. The zero-order chi connectivity index (χ0) is 31.4. The second-order valence-corrected chi connectivity index (χ2v) is 14.1. The van der Waals surface area contributed by atoms with Crippen LogP contribution in [0.15, 0.2) is 48.8 Å². The van der Waals surface area contributed by atoms with Crippen LogP contribution in [-0.2, 0) is 26.7 Å². The second-order valence-electron chi connectivity index (χ2n) is 11.2. The van der Waals surface area contributed by atoms with E-state index in [9.17, 15) is 22.0 Å². The van der Waals surface area contributed by atoms with E-state index in [1.54, 1.807) is 0 Å². The number of ether oxygens (including phenoxy) is 4. The van der Waals surface area contributed by atoms with E-state index in [2.05, 4.69) is 9.72 Å². The number of aromatic nitrogens is 1. The molecule has 2 aliphatic rings. The lowest BCUT2D eigenvalue weighted by atomic mass is 10.0. The molecule has 13 heteroatoms. The van der Waals surface area contributed by atoms with Crippen LogP contribution in [0.5, 0.6) is 17.2 Å². The average molecular weight is 671 g/mol. The van der Waals surface area contributed by atoms with Crippen molar-refractivity contribution in [3.05, 3.63) is 81.1 Å². The highest BCUT2D eigenvalue weighted by molar-refractivity contribution is 7.89. The van der Waals surface area contributed by atoms with Gasteiger partial charge in [-0.15, -0.1) is 0 Å².